The number of methoxy groups -OCH3 is 1. The number of rotatable bonds is 7. The monoisotopic (exact) mass is 302 g/mol. The highest BCUT2D eigenvalue weighted by Gasteiger charge is 2.28. The zero-order chi connectivity index (χ0) is 15.8. The van der Waals surface area contributed by atoms with E-state index in [9.17, 15) is 14.4 Å². The van der Waals surface area contributed by atoms with Crippen molar-refractivity contribution < 1.29 is 28.3 Å². The van der Waals surface area contributed by atoms with Gasteiger partial charge in [0.05, 0.1) is 7.11 Å². The van der Waals surface area contributed by atoms with Crippen molar-refractivity contribution in [3.63, 3.8) is 0 Å². The SMILES string of the molecule is CCCC(OC(=O)C=CC(=O)OC)C(=O)O[Si](C)(C)C. The number of carbonyl (C=O) groups excluding carboxylic acids is 3. The maximum absolute atomic E-state index is 11.9. The summed E-state index contributed by atoms with van der Waals surface area (Å²) in [4.78, 5) is 34.3. The molecule has 0 aromatic carbocycles. The number of esters is 2. The van der Waals surface area contributed by atoms with Crippen molar-refractivity contribution in [3.8, 4) is 0 Å². The molecule has 0 spiro atoms. The van der Waals surface area contributed by atoms with Crippen LogP contribution >= 0.6 is 0 Å². The lowest BCUT2D eigenvalue weighted by Gasteiger charge is -2.22. The van der Waals surface area contributed by atoms with Crippen LogP contribution in [-0.4, -0.2) is 39.4 Å². The van der Waals surface area contributed by atoms with Crippen LogP contribution in [0.25, 0.3) is 0 Å². The van der Waals surface area contributed by atoms with Gasteiger partial charge in [0, 0.05) is 12.2 Å². The second-order valence-corrected chi connectivity index (χ2v) is 9.53. The van der Waals surface area contributed by atoms with Crippen LogP contribution in [0.3, 0.4) is 0 Å². The first-order valence-corrected chi connectivity index (χ1v) is 9.80. The molecule has 0 N–H and O–H groups in total. The Bertz CT molecular complexity index is 383. The standard InChI is InChI=1S/C13H22O6Si/c1-6-7-10(13(16)19-20(3,4)5)18-12(15)9-8-11(14)17-2/h8-10H,6-7H2,1-5H3. The van der Waals surface area contributed by atoms with Gasteiger partial charge in [0.2, 0.25) is 8.32 Å². The van der Waals surface area contributed by atoms with Gasteiger partial charge in [-0.1, -0.05) is 13.3 Å². The van der Waals surface area contributed by atoms with E-state index in [-0.39, 0.29) is 0 Å². The van der Waals surface area contributed by atoms with E-state index in [1.54, 1.807) is 0 Å². The molecule has 0 aliphatic heterocycles. The molecule has 1 atom stereocenters. The van der Waals surface area contributed by atoms with Gasteiger partial charge in [-0.3, -0.25) is 0 Å². The van der Waals surface area contributed by atoms with Crippen molar-refractivity contribution in [3.05, 3.63) is 12.2 Å². The van der Waals surface area contributed by atoms with Crippen molar-refractivity contribution in [1.82, 2.24) is 0 Å². The van der Waals surface area contributed by atoms with Crippen LogP contribution in [0.4, 0.5) is 0 Å². The Balaban J connectivity index is 4.61. The van der Waals surface area contributed by atoms with Crippen LogP contribution in [0.5, 0.6) is 0 Å². The molecule has 0 bridgehead atoms. The third-order valence-corrected chi connectivity index (χ3v) is 2.85. The zero-order valence-corrected chi connectivity index (χ0v) is 13.6. The maximum Gasteiger partial charge on any atom is 0.334 e. The Morgan fingerprint density at radius 3 is 2.10 bits per heavy atom. The lowest BCUT2D eigenvalue weighted by molar-refractivity contribution is -0.159. The second kappa shape index (κ2) is 8.52. The Hall–Kier alpha value is -1.63. The molecular weight excluding hydrogens is 280 g/mol. The molecule has 0 aromatic heterocycles. The summed E-state index contributed by atoms with van der Waals surface area (Å²) < 4.78 is 14.7. The van der Waals surface area contributed by atoms with Gasteiger partial charge in [-0.15, -0.1) is 0 Å². The van der Waals surface area contributed by atoms with Crippen molar-refractivity contribution in [2.45, 2.75) is 45.5 Å². The average Bonchev–Trinajstić information content (AvgIpc) is 2.33. The second-order valence-electron chi connectivity index (χ2n) is 5.10. The third kappa shape index (κ3) is 8.47. The molecule has 114 valence electrons. The van der Waals surface area contributed by atoms with Gasteiger partial charge >= 0.3 is 17.9 Å². The molecule has 7 heteroatoms. The van der Waals surface area contributed by atoms with Crippen molar-refractivity contribution in [2.24, 2.45) is 0 Å². The predicted molar refractivity (Wildman–Crippen MR) is 75.4 cm³/mol. The normalized spacial score (nSPS) is 12.8. The molecule has 0 heterocycles. The lowest BCUT2D eigenvalue weighted by Crippen LogP contribution is -2.37. The molecule has 0 saturated heterocycles. The smallest absolute Gasteiger partial charge is 0.334 e. The molecule has 0 saturated carbocycles. The molecule has 0 radical (unpaired) electrons. The number of hydrogen-bond acceptors (Lipinski definition) is 6. The Labute approximate surface area is 120 Å². The van der Waals surface area contributed by atoms with Crippen LogP contribution in [0.2, 0.25) is 19.6 Å². The van der Waals surface area contributed by atoms with E-state index in [0.29, 0.717) is 12.8 Å². The molecule has 0 rings (SSSR count). The van der Waals surface area contributed by atoms with E-state index < -0.39 is 32.3 Å². The maximum atomic E-state index is 11.9. The first-order valence-electron chi connectivity index (χ1n) is 6.39. The van der Waals surface area contributed by atoms with Crippen molar-refractivity contribution in [2.75, 3.05) is 7.11 Å². The summed E-state index contributed by atoms with van der Waals surface area (Å²) in [5.74, 6) is -1.98. The number of carbonyl (C=O) groups is 3. The molecule has 0 aromatic rings. The van der Waals surface area contributed by atoms with Crippen LogP contribution in [-0.2, 0) is 28.3 Å². The molecule has 1 unspecified atom stereocenters. The van der Waals surface area contributed by atoms with Crippen LogP contribution in [0.1, 0.15) is 19.8 Å². The largest absolute Gasteiger partial charge is 0.517 e. The first kappa shape index (κ1) is 18.4. The average molecular weight is 302 g/mol. The molecule has 0 aliphatic carbocycles. The van der Waals surface area contributed by atoms with E-state index in [0.717, 1.165) is 12.2 Å². The molecule has 6 nitrogen and oxygen atoms in total. The van der Waals surface area contributed by atoms with Gasteiger partial charge in [-0.2, -0.15) is 0 Å². The quantitative estimate of drug-likeness (QED) is 0.405. The summed E-state index contributed by atoms with van der Waals surface area (Å²) in [7, 11) is -0.841. The van der Waals surface area contributed by atoms with Crippen LogP contribution in [0, 0.1) is 0 Å². The fraction of sp³-hybridized carbons (Fsp3) is 0.615. The lowest BCUT2D eigenvalue weighted by atomic mass is 10.2. The van der Waals surface area contributed by atoms with Gasteiger partial charge in [0.15, 0.2) is 6.10 Å². The van der Waals surface area contributed by atoms with Crippen LogP contribution < -0.4 is 0 Å². The fourth-order valence-electron chi connectivity index (χ4n) is 1.24. The predicted octanol–water partition coefficient (Wildman–Crippen LogP) is 1.81. The molecule has 0 amide bonds. The minimum atomic E-state index is -2.04. The van der Waals surface area contributed by atoms with E-state index >= 15 is 0 Å². The molecule has 20 heavy (non-hydrogen) atoms. The Morgan fingerprint density at radius 2 is 1.65 bits per heavy atom. The molecule has 0 fully saturated rings. The van der Waals surface area contributed by atoms with Crippen molar-refractivity contribution >= 4 is 26.2 Å². The van der Waals surface area contributed by atoms with Crippen molar-refractivity contribution in [1.29, 1.82) is 0 Å². The van der Waals surface area contributed by atoms with E-state index in [4.69, 9.17) is 9.16 Å². The third-order valence-electron chi connectivity index (χ3n) is 2.04. The summed E-state index contributed by atoms with van der Waals surface area (Å²) in [5.41, 5.74) is 0. The number of ether oxygens (including phenoxy) is 2. The summed E-state index contributed by atoms with van der Waals surface area (Å²) in [6, 6.07) is 0. The molecular formula is C13H22O6Si. The van der Waals surface area contributed by atoms with Gasteiger partial charge in [0.1, 0.15) is 0 Å². The topological polar surface area (TPSA) is 78.9 Å². The minimum absolute atomic E-state index is 0.376. The molecule has 0 aliphatic rings. The van der Waals surface area contributed by atoms with Gasteiger partial charge in [-0.25, -0.2) is 14.4 Å². The van der Waals surface area contributed by atoms with E-state index in [1.807, 2.05) is 26.6 Å². The highest BCUT2D eigenvalue weighted by molar-refractivity contribution is 6.71. The highest BCUT2D eigenvalue weighted by atomic mass is 28.4. The summed E-state index contributed by atoms with van der Waals surface area (Å²) in [5, 5.41) is 0. The van der Waals surface area contributed by atoms with Gasteiger partial charge in [-0.05, 0) is 26.1 Å². The van der Waals surface area contributed by atoms with Gasteiger partial charge in [0.25, 0.3) is 0 Å². The summed E-state index contributed by atoms with van der Waals surface area (Å²) in [6.07, 6.45) is 1.97. The minimum Gasteiger partial charge on any atom is -0.517 e. The number of hydrogen-bond donors (Lipinski definition) is 0. The zero-order valence-electron chi connectivity index (χ0n) is 12.6. The van der Waals surface area contributed by atoms with E-state index in [2.05, 4.69) is 4.74 Å². The Morgan fingerprint density at radius 1 is 1.10 bits per heavy atom. The first-order chi connectivity index (χ1) is 9.19. The highest BCUT2D eigenvalue weighted by Crippen LogP contribution is 2.11. The van der Waals surface area contributed by atoms with E-state index in [1.165, 1.54) is 7.11 Å². The Kier molecular flexibility index (Phi) is 7.82. The van der Waals surface area contributed by atoms with Gasteiger partial charge < -0.3 is 13.9 Å². The fourth-order valence-corrected chi connectivity index (χ4v) is 1.97. The summed E-state index contributed by atoms with van der Waals surface area (Å²) >= 11 is 0. The summed E-state index contributed by atoms with van der Waals surface area (Å²) in [6.45, 7) is 7.47. The van der Waals surface area contributed by atoms with Crippen LogP contribution in [0.15, 0.2) is 12.2 Å².